The van der Waals surface area contributed by atoms with Crippen molar-refractivity contribution in [3.8, 4) is 0 Å². The average molecular weight is 272 g/mol. The van der Waals surface area contributed by atoms with E-state index in [0.29, 0.717) is 6.04 Å². The third kappa shape index (κ3) is 2.42. The van der Waals surface area contributed by atoms with Gasteiger partial charge in [-0.3, -0.25) is 9.58 Å². The SMILES string of the molecule is CC(C)(C)N1CCC(n2cc(Br)cn2)C1. The molecule has 3 nitrogen and oxygen atoms in total. The quantitative estimate of drug-likeness (QED) is 0.783. The summed E-state index contributed by atoms with van der Waals surface area (Å²) in [6, 6.07) is 0.538. The zero-order valence-electron chi connectivity index (χ0n) is 9.57. The van der Waals surface area contributed by atoms with E-state index < -0.39 is 0 Å². The van der Waals surface area contributed by atoms with Crippen LogP contribution in [0.2, 0.25) is 0 Å². The minimum Gasteiger partial charge on any atom is -0.296 e. The summed E-state index contributed by atoms with van der Waals surface area (Å²) in [5.74, 6) is 0. The fourth-order valence-electron chi connectivity index (χ4n) is 2.08. The summed E-state index contributed by atoms with van der Waals surface area (Å²) in [4.78, 5) is 2.52. The van der Waals surface area contributed by atoms with Crippen molar-refractivity contribution in [3.05, 3.63) is 16.9 Å². The number of rotatable bonds is 1. The van der Waals surface area contributed by atoms with E-state index in [1.807, 2.05) is 6.20 Å². The van der Waals surface area contributed by atoms with E-state index in [0.717, 1.165) is 11.0 Å². The molecule has 1 saturated heterocycles. The molecule has 1 atom stereocenters. The van der Waals surface area contributed by atoms with Crippen LogP contribution in [0.5, 0.6) is 0 Å². The Kier molecular flexibility index (Phi) is 2.90. The van der Waals surface area contributed by atoms with Crippen molar-refractivity contribution in [2.24, 2.45) is 0 Å². The first-order chi connectivity index (χ1) is 6.97. The van der Waals surface area contributed by atoms with E-state index in [1.54, 1.807) is 0 Å². The molecule has 1 aliphatic rings. The normalized spacial score (nSPS) is 23.6. The van der Waals surface area contributed by atoms with E-state index >= 15 is 0 Å². The maximum absolute atomic E-state index is 4.36. The van der Waals surface area contributed by atoms with Crippen molar-refractivity contribution in [2.45, 2.75) is 38.8 Å². The maximum atomic E-state index is 4.36. The van der Waals surface area contributed by atoms with Crippen molar-refractivity contribution in [2.75, 3.05) is 13.1 Å². The minimum absolute atomic E-state index is 0.277. The third-order valence-corrected chi connectivity index (χ3v) is 3.47. The van der Waals surface area contributed by atoms with Crippen LogP contribution in [0.25, 0.3) is 0 Å². The van der Waals surface area contributed by atoms with E-state index in [4.69, 9.17) is 0 Å². The van der Waals surface area contributed by atoms with Gasteiger partial charge in [-0.25, -0.2) is 0 Å². The highest BCUT2D eigenvalue weighted by molar-refractivity contribution is 9.10. The highest BCUT2D eigenvalue weighted by atomic mass is 79.9. The summed E-state index contributed by atoms with van der Waals surface area (Å²) in [6.45, 7) is 9.10. The van der Waals surface area contributed by atoms with Crippen molar-refractivity contribution >= 4 is 15.9 Å². The zero-order chi connectivity index (χ0) is 11.1. The van der Waals surface area contributed by atoms with E-state index in [9.17, 15) is 0 Å². The molecule has 0 N–H and O–H groups in total. The number of aromatic nitrogens is 2. The first-order valence-corrected chi connectivity index (χ1v) is 6.21. The van der Waals surface area contributed by atoms with Crippen molar-refractivity contribution in [1.29, 1.82) is 0 Å². The number of hydrogen-bond acceptors (Lipinski definition) is 2. The molecule has 0 aromatic carbocycles. The van der Waals surface area contributed by atoms with E-state index in [-0.39, 0.29) is 5.54 Å². The lowest BCUT2D eigenvalue weighted by molar-refractivity contribution is 0.167. The van der Waals surface area contributed by atoms with E-state index in [1.165, 1.54) is 13.0 Å². The topological polar surface area (TPSA) is 21.1 Å². The van der Waals surface area contributed by atoms with Gasteiger partial charge >= 0.3 is 0 Å². The fraction of sp³-hybridized carbons (Fsp3) is 0.727. The molecule has 15 heavy (non-hydrogen) atoms. The van der Waals surface area contributed by atoms with Crippen LogP contribution in [0.3, 0.4) is 0 Å². The average Bonchev–Trinajstić information content (AvgIpc) is 2.69. The molecule has 84 valence electrons. The molecule has 0 spiro atoms. The van der Waals surface area contributed by atoms with Gasteiger partial charge in [0.2, 0.25) is 0 Å². The maximum Gasteiger partial charge on any atom is 0.0658 e. The Hall–Kier alpha value is -0.350. The van der Waals surface area contributed by atoms with Crippen LogP contribution < -0.4 is 0 Å². The van der Waals surface area contributed by atoms with Gasteiger partial charge in [-0.2, -0.15) is 5.10 Å². The second-order valence-corrected chi connectivity index (χ2v) is 6.11. The van der Waals surface area contributed by atoms with Crippen LogP contribution in [0.4, 0.5) is 0 Å². The van der Waals surface area contributed by atoms with Crippen LogP contribution in [-0.2, 0) is 0 Å². The van der Waals surface area contributed by atoms with Crippen LogP contribution in [0.15, 0.2) is 16.9 Å². The Morgan fingerprint density at radius 3 is 2.67 bits per heavy atom. The highest BCUT2D eigenvalue weighted by Crippen LogP contribution is 2.27. The van der Waals surface area contributed by atoms with Crippen LogP contribution in [0.1, 0.15) is 33.2 Å². The highest BCUT2D eigenvalue weighted by Gasteiger charge is 2.31. The molecular formula is C11H18BrN3. The van der Waals surface area contributed by atoms with Gasteiger partial charge in [-0.15, -0.1) is 0 Å². The molecule has 1 fully saturated rings. The third-order valence-electron chi connectivity index (χ3n) is 3.06. The first kappa shape index (κ1) is 11.1. The Labute approximate surface area is 99.6 Å². The standard InChI is InChI=1S/C11H18BrN3/c1-11(2,3)14-5-4-10(8-14)15-7-9(12)6-13-15/h6-7,10H,4-5,8H2,1-3H3. The molecule has 0 saturated carbocycles. The summed E-state index contributed by atoms with van der Waals surface area (Å²) in [5, 5.41) is 4.36. The summed E-state index contributed by atoms with van der Waals surface area (Å²) in [7, 11) is 0. The molecule has 1 aromatic rings. The lowest BCUT2D eigenvalue weighted by atomic mass is 10.1. The Morgan fingerprint density at radius 1 is 1.47 bits per heavy atom. The largest absolute Gasteiger partial charge is 0.296 e. The predicted molar refractivity (Wildman–Crippen MR) is 64.9 cm³/mol. The second kappa shape index (κ2) is 3.91. The second-order valence-electron chi connectivity index (χ2n) is 5.20. The van der Waals surface area contributed by atoms with Gasteiger partial charge in [0.15, 0.2) is 0 Å². The Balaban J connectivity index is 2.04. The summed E-state index contributed by atoms with van der Waals surface area (Å²) in [5.41, 5.74) is 0.277. The van der Waals surface area contributed by atoms with Gasteiger partial charge in [0.05, 0.1) is 16.7 Å². The molecule has 1 unspecified atom stereocenters. The minimum atomic E-state index is 0.277. The molecule has 1 aliphatic heterocycles. The van der Waals surface area contributed by atoms with Gasteiger partial charge in [-0.1, -0.05) is 0 Å². The van der Waals surface area contributed by atoms with E-state index in [2.05, 4.69) is 57.6 Å². The number of likely N-dealkylation sites (tertiary alicyclic amines) is 1. The zero-order valence-corrected chi connectivity index (χ0v) is 11.2. The molecule has 0 amide bonds. The number of halogens is 1. The van der Waals surface area contributed by atoms with Gasteiger partial charge in [0.1, 0.15) is 0 Å². The monoisotopic (exact) mass is 271 g/mol. The number of nitrogens with zero attached hydrogens (tertiary/aromatic N) is 3. The van der Waals surface area contributed by atoms with Gasteiger partial charge in [-0.05, 0) is 43.1 Å². The summed E-state index contributed by atoms with van der Waals surface area (Å²) in [6.07, 6.45) is 5.13. The van der Waals surface area contributed by atoms with Crippen molar-refractivity contribution in [1.82, 2.24) is 14.7 Å². The predicted octanol–water partition coefficient (Wildman–Crippen LogP) is 2.69. The molecule has 4 heteroatoms. The number of hydrogen-bond donors (Lipinski definition) is 0. The lowest BCUT2D eigenvalue weighted by Crippen LogP contribution is -2.39. The van der Waals surface area contributed by atoms with Crippen molar-refractivity contribution in [3.63, 3.8) is 0 Å². The molecule has 2 heterocycles. The molecule has 0 aliphatic carbocycles. The molecular weight excluding hydrogens is 254 g/mol. The fourth-order valence-corrected chi connectivity index (χ4v) is 2.38. The van der Waals surface area contributed by atoms with Gasteiger partial charge in [0.25, 0.3) is 0 Å². The van der Waals surface area contributed by atoms with Gasteiger partial charge in [0, 0.05) is 24.8 Å². The molecule has 1 aromatic heterocycles. The first-order valence-electron chi connectivity index (χ1n) is 5.41. The lowest BCUT2D eigenvalue weighted by Gasteiger charge is -2.31. The summed E-state index contributed by atoms with van der Waals surface area (Å²) < 4.78 is 3.15. The smallest absolute Gasteiger partial charge is 0.0658 e. The van der Waals surface area contributed by atoms with Crippen LogP contribution >= 0.6 is 15.9 Å². The van der Waals surface area contributed by atoms with Crippen molar-refractivity contribution < 1.29 is 0 Å². The summed E-state index contributed by atoms with van der Waals surface area (Å²) >= 11 is 3.44. The van der Waals surface area contributed by atoms with Crippen LogP contribution in [0, 0.1) is 0 Å². The molecule has 2 rings (SSSR count). The van der Waals surface area contributed by atoms with Crippen LogP contribution in [-0.4, -0.2) is 33.3 Å². The Bertz CT molecular complexity index is 340. The van der Waals surface area contributed by atoms with Gasteiger partial charge < -0.3 is 0 Å². The Morgan fingerprint density at radius 2 is 2.20 bits per heavy atom. The molecule has 0 radical (unpaired) electrons. The molecule has 0 bridgehead atoms.